The number of hydrogen-bond donors (Lipinski definition) is 2. The summed E-state index contributed by atoms with van der Waals surface area (Å²) in [6.45, 7) is -6.43. The maximum absolute atomic E-state index is 12.5. The number of nitrogens with one attached hydrogen (secondary N) is 2. The molecule has 2 rings (SSSR count). The quantitative estimate of drug-likeness (QED) is 0.353. The van der Waals surface area contributed by atoms with Gasteiger partial charge >= 0.3 is 13.2 Å². The van der Waals surface area contributed by atoms with Gasteiger partial charge in [0.2, 0.25) is 0 Å². The number of methoxy groups -OCH3 is 1. The van der Waals surface area contributed by atoms with Crippen molar-refractivity contribution in [3.8, 4) is 17.2 Å². The molecule has 0 aromatic heterocycles. The van der Waals surface area contributed by atoms with E-state index in [4.69, 9.17) is 4.74 Å². The summed E-state index contributed by atoms with van der Waals surface area (Å²) in [6.07, 6.45) is 1.04. The number of ether oxygens (including phenoxy) is 3. The average molecular weight is 415 g/mol. The van der Waals surface area contributed by atoms with E-state index in [1.54, 1.807) is 24.3 Å². The van der Waals surface area contributed by atoms with E-state index in [1.165, 1.54) is 13.2 Å². The first-order valence-corrected chi connectivity index (χ1v) is 8.11. The van der Waals surface area contributed by atoms with E-state index in [2.05, 4.69) is 25.3 Å². The monoisotopic (exact) mass is 415 g/mol. The molecule has 0 atom stereocenters. The number of amides is 1. The Kier molecular flexibility index (Phi) is 8.07. The standard InChI is InChI=1S/C18H17F4N3O4/c1-27-13-4-2-3-12(7-13)23-10-16(26)25-24-9-11-5-6-14(28-17(19)20)8-15(11)29-18(21)22/h2-9,17-18,23H,10H2,1H3,(H,25,26)/b24-9-. The fraction of sp³-hybridized carbons (Fsp3) is 0.222. The topological polar surface area (TPSA) is 81.2 Å². The Balaban J connectivity index is 1.96. The fourth-order valence-corrected chi connectivity index (χ4v) is 2.12. The summed E-state index contributed by atoms with van der Waals surface area (Å²) in [5.41, 5.74) is 2.87. The highest BCUT2D eigenvalue weighted by Crippen LogP contribution is 2.26. The largest absolute Gasteiger partial charge is 0.497 e. The lowest BCUT2D eigenvalue weighted by molar-refractivity contribution is -0.119. The SMILES string of the molecule is COc1cccc(NCC(=O)N/N=C\c2ccc(OC(F)F)cc2OC(F)F)c1. The number of rotatable bonds is 10. The van der Waals surface area contributed by atoms with Crippen LogP contribution in [0.5, 0.6) is 17.2 Å². The van der Waals surface area contributed by atoms with E-state index < -0.39 is 24.9 Å². The van der Waals surface area contributed by atoms with Crippen LogP contribution in [0, 0.1) is 0 Å². The van der Waals surface area contributed by atoms with Gasteiger partial charge in [-0.05, 0) is 24.3 Å². The second kappa shape index (κ2) is 10.7. The predicted molar refractivity (Wildman–Crippen MR) is 96.9 cm³/mol. The molecule has 2 aromatic rings. The Morgan fingerprint density at radius 1 is 1.07 bits per heavy atom. The molecule has 29 heavy (non-hydrogen) atoms. The molecule has 0 saturated heterocycles. The van der Waals surface area contributed by atoms with Crippen molar-refractivity contribution in [1.29, 1.82) is 0 Å². The Morgan fingerprint density at radius 3 is 2.52 bits per heavy atom. The predicted octanol–water partition coefficient (Wildman–Crippen LogP) is 3.46. The highest BCUT2D eigenvalue weighted by atomic mass is 19.3. The molecular weight excluding hydrogens is 398 g/mol. The summed E-state index contributed by atoms with van der Waals surface area (Å²) in [7, 11) is 1.51. The second-order valence-electron chi connectivity index (χ2n) is 5.34. The van der Waals surface area contributed by atoms with Crippen LogP contribution in [0.2, 0.25) is 0 Å². The number of anilines is 1. The van der Waals surface area contributed by atoms with Gasteiger partial charge in [-0.15, -0.1) is 0 Å². The molecule has 0 spiro atoms. The maximum atomic E-state index is 12.5. The van der Waals surface area contributed by atoms with E-state index in [1.807, 2.05) is 0 Å². The molecule has 0 fully saturated rings. The van der Waals surface area contributed by atoms with Crippen LogP contribution < -0.4 is 25.0 Å². The summed E-state index contributed by atoms with van der Waals surface area (Å²) < 4.78 is 63.0. The van der Waals surface area contributed by atoms with Crippen LogP contribution in [0.3, 0.4) is 0 Å². The van der Waals surface area contributed by atoms with Crippen molar-refractivity contribution >= 4 is 17.8 Å². The molecule has 1 amide bonds. The van der Waals surface area contributed by atoms with Crippen molar-refractivity contribution in [2.75, 3.05) is 19.0 Å². The Hall–Kier alpha value is -3.50. The number of benzene rings is 2. The van der Waals surface area contributed by atoms with Crippen LogP contribution >= 0.6 is 0 Å². The van der Waals surface area contributed by atoms with Crippen LogP contribution in [0.1, 0.15) is 5.56 Å². The first kappa shape index (κ1) is 21.8. The third-order valence-electron chi connectivity index (χ3n) is 3.34. The zero-order valence-electron chi connectivity index (χ0n) is 15.1. The van der Waals surface area contributed by atoms with Gasteiger partial charge in [0.25, 0.3) is 5.91 Å². The fourth-order valence-electron chi connectivity index (χ4n) is 2.12. The molecule has 2 aromatic carbocycles. The Bertz CT molecular complexity index is 850. The van der Waals surface area contributed by atoms with E-state index in [0.29, 0.717) is 11.4 Å². The molecule has 156 valence electrons. The van der Waals surface area contributed by atoms with Crippen LogP contribution in [0.4, 0.5) is 23.2 Å². The van der Waals surface area contributed by atoms with Crippen molar-refractivity contribution in [3.05, 3.63) is 48.0 Å². The van der Waals surface area contributed by atoms with E-state index >= 15 is 0 Å². The molecular formula is C18H17F4N3O4. The summed E-state index contributed by atoms with van der Waals surface area (Å²) in [5.74, 6) is -0.706. The van der Waals surface area contributed by atoms with Crippen molar-refractivity contribution in [3.63, 3.8) is 0 Å². The molecule has 0 saturated carbocycles. The van der Waals surface area contributed by atoms with Gasteiger partial charge < -0.3 is 19.5 Å². The first-order chi connectivity index (χ1) is 13.9. The number of hydrogen-bond acceptors (Lipinski definition) is 6. The molecule has 0 bridgehead atoms. The third kappa shape index (κ3) is 7.56. The number of halogens is 4. The number of nitrogens with zero attached hydrogens (tertiary/aromatic N) is 1. The van der Waals surface area contributed by atoms with Gasteiger partial charge in [0.1, 0.15) is 17.2 Å². The maximum Gasteiger partial charge on any atom is 0.387 e. The summed E-state index contributed by atoms with van der Waals surface area (Å²) in [5, 5.41) is 6.50. The third-order valence-corrected chi connectivity index (χ3v) is 3.34. The van der Waals surface area contributed by atoms with Crippen LogP contribution in [-0.2, 0) is 4.79 Å². The molecule has 0 aliphatic rings. The number of alkyl halides is 4. The molecule has 0 heterocycles. The van der Waals surface area contributed by atoms with Crippen molar-refractivity contribution in [2.24, 2.45) is 5.10 Å². The van der Waals surface area contributed by atoms with E-state index in [-0.39, 0.29) is 17.9 Å². The van der Waals surface area contributed by atoms with Crippen LogP contribution in [0.25, 0.3) is 0 Å². The second-order valence-corrected chi connectivity index (χ2v) is 5.34. The zero-order valence-corrected chi connectivity index (χ0v) is 15.1. The van der Waals surface area contributed by atoms with Gasteiger partial charge in [-0.2, -0.15) is 22.7 Å². The van der Waals surface area contributed by atoms with Crippen molar-refractivity contribution in [2.45, 2.75) is 13.2 Å². The van der Waals surface area contributed by atoms with Crippen molar-refractivity contribution < 1.29 is 36.6 Å². The van der Waals surface area contributed by atoms with Gasteiger partial charge in [-0.25, -0.2) is 5.43 Å². The minimum atomic E-state index is -3.19. The normalized spacial score (nSPS) is 11.0. The summed E-state index contributed by atoms with van der Waals surface area (Å²) >= 11 is 0. The lowest BCUT2D eigenvalue weighted by Gasteiger charge is -2.11. The minimum absolute atomic E-state index is 0.0213. The molecule has 0 radical (unpaired) electrons. The van der Waals surface area contributed by atoms with E-state index in [0.717, 1.165) is 18.3 Å². The lowest BCUT2D eigenvalue weighted by Crippen LogP contribution is -2.25. The lowest BCUT2D eigenvalue weighted by atomic mass is 10.2. The number of carbonyl (C=O) groups excluding carboxylic acids is 1. The summed E-state index contributed by atoms with van der Waals surface area (Å²) in [4.78, 5) is 11.8. The average Bonchev–Trinajstić information content (AvgIpc) is 2.67. The highest BCUT2D eigenvalue weighted by Gasteiger charge is 2.12. The zero-order chi connectivity index (χ0) is 21.2. The summed E-state index contributed by atoms with van der Waals surface area (Å²) in [6, 6.07) is 10.1. The van der Waals surface area contributed by atoms with Gasteiger partial charge in [-0.3, -0.25) is 4.79 Å². The van der Waals surface area contributed by atoms with Crippen LogP contribution in [-0.4, -0.2) is 39.0 Å². The molecule has 0 aliphatic carbocycles. The number of carbonyl (C=O) groups is 1. The first-order valence-electron chi connectivity index (χ1n) is 8.11. The highest BCUT2D eigenvalue weighted by molar-refractivity contribution is 5.86. The number of hydrazone groups is 1. The molecule has 0 aliphatic heterocycles. The smallest absolute Gasteiger partial charge is 0.387 e. The van der Waals surface area contributed by atoms with E-state index in [9.17, 15) is 22.4 Å². The van der Waals surface area contributed by atoms with Crippen LogP contribution in [0.15, 0.2) is 47.6 Å². The van der Waals surface area contributed by atoms with Crippen molar-refractivity contribution in [1.82, 2.24) is 5.43 Å². The molecule has 7 nitrogen and oxygen atoms in total. The van der Waals surface area contributed by atoms with Gasteiger partial charge in [0.05, 0.1) is 19.9 Å². The molecule has 2 N–H and O–H groups in total. The molecule has 0 unspecified atom stereocenters. The van der Waals surface area contributed by atoms with Gasteiger partial charge in [-0.1, -0.05) is 6.07 Å². The minimum Gasteiger partial charge on any atom is -0.497 e. The molecule has 11 heteroatoms. The van der Waals surface area contributed by atoms with Gasteiger partial charge in [0, 0.05) is 23.4 Å². The Labute approximate surface area is 163 Å². The Morgan fingerprint density at radius 2 is 1.83 bits per heavy atom. The van der Waals surface area contributed by atoms with Gasteiger partial charge in [0.15, 0.2) is 0 Å².